The number of hydrogen-bond donors (Lipinski definition) is 0. The molecule has 0 spiro atoms. The average Bonchev–Trinajstić information content (AvgIpc) is 3.05. The summed E-state index contributed by atoms with van der Waals surface area (Å²) in [5.41, 5.74) is 1.15. The molecule has 0 N–H and O–H groups in total. The molecule has 3 aliphatic heterocycles. The number of halogens is 1. The van der Waals surface area contributed by atoms with Crippen LogP contribution in [0.15, 0.2) is 45.8 Å². The Kier molecular flexibility index (Phi) is 3.60. The van der Waals surface area contributed by atoms with Crippen molar-refractivity contribution in [1.29, 1.82) is 0 Å². The molecule has 4 rings (SSSR count). The number of hydrogen-bond acceptors (Lipinski definition) is 6. The van der Waals surface area contributed by atoms with Gasteiger partial charge in [-0.2, -0.15) is 0 Å². The number of rotatable bonds is 2. The van der Waals surface area contributed by atoms with Crippen LogP contribution in [0.5, 0.6) is 5.75 Å². The number of Topliss-reactive ketones (excluding diaryl/α,β-unsaturated/α-hetero) is 1. The van der Waals surface area contributed by atoms with E-state index in [1.165, 1.54) is 6.08 Å². The maximum atomic E-state index is 12.9. The van der Waals surface area contributed by atoms with Gasteiger partial charge in [0.15, 0.2) is 5.78 Å². The highest BCUT2D eigenvalue weighted by molar-refractivity contribution is 9.10. The fourth-order valence-electron chi connectivity index (χ4n) is 3.06. The molecule has 1 atom stereocenters. The third-order valence-corrected chi connectivity index (χ3v) is 4.59. The minimum atomic E-state index is -0.582. The van der Waals surface area contributed by atoms with Crippen LogP contribution in [0.1, 0.15) is 17.3 Å². The summed E-state index contributed by atoms with van der Waals surface area (Å²) in [6.45, 7) is 2.96. The van der Waals surface area contributed by atoms with Gasteiger partial charge in [0.25, 0.3) is 0 Å². The van der Waals surface area contributed by atoms with E-state index in [4.69, 9.17) is 14.2 Å². The van der Waals surface area contributed by atoms with Crippen LogP contribution in [0.25, 0.3) is 0 Å². The molecule has 1 aromatic rings. The first-order valence-corrected chi connectivity index (χ1v) is 8.42. The van der Waals surface area contributed by atoms with Crippen molar-refractivity contribution in [2.75, 3.05) is 19.8 Å². The highest BCUT2D eigenvalue weighted by Crippen LogP contribution is 2.39. The lowest BCUT2D eigenvalue weighted by Crippen LogP contribution is -2.46. The summed E-state index contributed by atoms with van der Waals surface area (Å²) in [7, 11) is 0. The first-order valence-electron chi connectivity index (χ1n) is 7.63. The summed E-state index contributed by atoms with van der Waals surface area (Å²) in [4.78, 5) is 26.9. The third kappa shape index (κ3) is 2.23. The molecule has 1 unspecified atom stereocenters. The van der Waals surface area contributed by atoms with E-state index < -0.39 is 12.2 Å². The van der Waals surface area contributed by atoms with Crippen molar-refractivity contribution in [3.8, 4) is 5.75 Å². The van der Waals surface area contributed by atoms with Gasteiger partial charge in [-0.05, 0) is 31.2 Å². The van der Waals surface area contributed by atoms with Crippen molar-refractivity contribution in [3.63, 3.8) is 0 Å². The molecule has 3 aliphatic rings. The van der Waals surface area contributed by atoms with Crippen molar-refractivity contribution in [3.05, 3.63) is 51.3 Å². The number of esters is 1. The Morgan fingerprint density at radius 1 is 1.46 bits per heavy atom. The second-order valence-corrected chi connectivity index (χ2v) is 6.44. The molecule has 0 radical (unpaired) electrons. The largest absolute Gasteiger partial charge is 0.476 e. The molecule has 3 heterocycles. The van der Waals surface area contributed by atoms with E-state index in [9.17, 15) is 9.59 Å². The van der Waals surface area contributed by atoms with Gasteiger partial charge in [0.1, 0.15) is 17.9 Å². The molecule has 1 aromatic carbocycles. The predicted molar refractivity (Wildman–Crippen MR) is 87.3 cm³/mol. The molecule has 0 aliphatic carbocycles. The van der Waals surface area contributed by atoms with Gasteiger partial charge in [-0.1, -0.05) is 15.9 Å². The molecule has 24 heavy (non-hydrogen) atoms. The number of ketones is 1. The van der Waals surface area contributed by atoms with Crippen LogP contribution < -0.4 is 4.74 Å². The summed E-state index contributed by atoms with van der Waals surface area (Å²) in [5.74, 6) is 0.278. The van der Waals surface area contributed by atoms with Crippen LogP contribution in [0.4, 0.5) is 0 Å². The van der Waals surface area contributed by atoms with E-state index in [0.717, 1.165) is 4.47 Å². The van der Waals surface area contributed by atoms with Gasteiger partial charge in [-0.3, -0.25) is 9.69 Å². The first kappa shape index (κ1) is 15.3. The van der Waals surface area contributed by atoms with E-state index in [1.54, 1.807) is 24.0 Å². The number of carbonyl (C=O) groups is 2. The molecular weight excluding hydrogens is 378 g/mol. The van der Waals surface area contributed by atoms with E-state index in [0.29, 0.717) is 35.9 Å². The third-order valence-electron chi connectivity index (χ3n) is 4.09. The molecule has 7 heteroatoms. The summed E-state index contributed by atoms with van der Waals surface area (Å²) in [6, 6.07) is 5.30. The monoisotopic (exact) mass is 391 g/mol. The lowest BCUT2D eigenvalue weighted by molar-refractivity contribution is -0.138. The maximum Gasteiger partial charge on any atom is 0.343 e. The van der Waals surface area contributed by atoms with Gasteiger partial charge in [0.2, 0.25) is 12.1 Å². The summed E-state index contributed by atoms with van der Waals surface area (Å²) in [5, 5.41) is 0. The van der Waals surface area contributed by atoms with E-state index in [1.807, 2.05) is 6.07 Å². The van der Waals surface area contributed by atoms with Crippen molar-refractivity contribution in [1.82, 2.24) is 4.90 Å². The molecule has 0 bridgehead atoms. The minimum Gasteiger partial charge on any atom is -0.476 e. The van der Waals surface area contributed by atoms with Crippen molar-refractivity contribution >= 4 is 27.7 Å². The molecule has 0 amide bonds. The van der Waals surface area contributed by atoms with Crippen LogP contribution in [-0.4, -0.2) is 42.6 Å². The zero-order valence-corrected chi connectivity index (χ0v) is 14.5. The lowest BCUT2D eigenvalue weighted by Gasteiger charge is -2.37. The van der Waals surface area contributed by atoms with Gasteiger partial charge >= 0.3 is 5.97 Å². The highest BCUT2D eigenvalue weighted by atomic mass is 79.9. The molecule has 1 fully saturated rings. The summed E-state index contributed by atoms with van der Waals surface area (Å²) < 4.78 is 17.5. The molecule has 0 saturated carbocycles. The highest BCUT2D eigenvalue weighted by Gasteiger charge is 2.44. The Labute approximate surface area is 146 Å². The fourth-order valence-corrected chi connectivity index (χ4v) is 3.42. The van der Waals surface area contributed by atoms with Crippen molar-refractivity contribution in [2.24, 2.45) is 0 Å². The van der Waals surface area contributed by atoms with Crippen LogP contribution >= 0.6 is 15.9 Å². The zero-order valence-electron chi connectivity index (χ0n) is 12.9. The standard InChI is InChI=1S/C17H14BrNO5/c1-2-22-17(21)12-8-11-14(20)10-7-9(18)3-4-13(10)24-16(11)19-5-6-23-15(12)19/h3-4,7-8,16H,2,5-6H2,1H3. The quantitative estimate of drug-likeness (QED) is 0.721. The normalized spacial score (nSPS) is 21.2. The second kappa shape index (κ2) is 5.66. The van der Waals surface area contributed by atoms with Gasteiger partial charge in [-0.25, -0.2) is 4.79 Å². The van der Waals surface area contributed by atoms with Crippen LogP contribution in [0.2, 0.25) is 0 Å². The molecule has 1 saturated heterocycles. The Hall–Kier alpha value is -2.28. The smallest absolute Gasteiger partial charge is 0.343 e. The molecule has 124 valence electrons. The minimum absolute atomic E-state index is 0.157. The van der Waals surface area contributed by atoms with Crippen molar-refractivity contribution in [2.45, 2.75) is 13.2 Å². The number of fused-ring (bicyclic) bond motifs is 4. The van der Waals surface area contributed by atoms with Gasteiger partial charge in [-0.15, -0.1) is 0 Å². The first-order chi connectivity index (χ1) is 11.6. The molecular formula is C17H14BrNO5. The van der Waals surface area contributed by atoms with E-state index >= 15 is 0 Å². The van der Waals surface area contributed by atoms with Crippen molar-refractivity contribution < 1.29 is 23.8 Å². The van der Waals surface area contributed by atoms with Crippen LogP contribution in [-0.2, 0) is 14.3 Å². The van der Waals surface area contributed by atoms with E-state index in [-0.39, 0.29) is 18.0 Å². The number of ether oxygens (including phenoxy) is 3. The van der Waals surface area contributed by atoms with Gasteiger partial charge in [0.05, 0.1) is 24.3 Å². The topological polar surface area (TPSA) is 65.1 Å². The Balaban J connectivity index is 1.82. The summed E-state index contributed by atoms with van der Waals surface area (Å²) in [6.07, 6.45) is 0.952. The van der Waals surface area contributed by atoms with Crippen LogP contribution in [0.3, 0.4) is 0 Å². The molecule has 6 nitrogen and oxygen atoms in total. The van der Waals surface area contributed by atoms with E-state index in [2.05, 4.69) is 15.9 Å². The molecule has 0 aromatic heterocycles. The summed E-state index contributed by atoms with van der Waals surface area (Å²) >= 11 is 3.37. The second-order valence-electron chi connectivity index (χ2n) is 5.52. The van der Waals surface area contributed by atoms with Crippen LogP contribution in [0, 0.1) is 0 Å². The van der Waals surface area contributed by atoms with Gasteiger partial charge in [0, 0.05) is 4.47 Å². The number of nitrogens with zero attached hydrogens (tertiary/aromatic N) is 1. The SMILES string of the molecule is CCOC(=O)C1=C2OCCN2C2Oc3ccc(Br)cc3C(=O)C2=C1. The predicted octanol–water partition coefficient (Wildman–Crippen LogP) is 2.40. The fraction of sp³-hybridized carbons (Fsp3) is 0.294. The Morgan fingerprint density at radius 3 is 3.08 bits per heavy atom. The Bertz CT molecular complexity index is 813. The number of carbonyl (C=O) groups excluding carboxylic acids is 2. The zero-order chi connectivity index (χ0) is 16.8. The average molecular weight is 392 g/mol. The Morgan fingerprint density at radius 2 is 2.29 bits per heavy atom. The lowest BCUT2D eigenvalue weighted by atomic mass is 9.93. The maximum absolute atomic E-state index is 12.9. The van der Waals surface area contributed by atoms with Gasteiger partial charge < -0.3 is 14.2 Å². The number of benzene rings is 1.